The van der Waals surface area contributed by atoms with Crippen molar-refractivity contribution in [2.45, 2.75) is 52.7 Å². The smallest absolute Gasteiger partial charge is 0.437 e. The Morgan fingerprint density at radius 2 is 1.70 bits per heavy atom. The molecule has 0 aliphatic heterocycles. The van der Waals surface area contributed by atoms with E-state index in [-0.39, 0.29) is 11.4 Å². The standard InChI is InChI=1S/C22H27N5O6/c1-21(2,3)32-19(28)25-18(23)26(20(29)33-22(4,5)6)15-9-7-8-14(12-15)17-13-16(27(30)31)10-11-24-17/h7-13H,1-6H3,(H2,23,25,28). The number of nitrogens with zero attached hydrogens (tertiary/aromatic N) is 4. The molecule has 2 N–H and O–H groups in total. The quantitative estimate of drug-likeness (QED) is 0.303. The Labute approximate surface area is 191 Å². The molecule has 11 heteroatoms. The highest BCUT2D eigenvalue weighted by Crippen LogP contribution is 2.27. The van der Waals surface area contributed by atoms with Crippen LogP contribution >= 0.6 is 0 Å². The number of benzene rings is 1. The minimum atomic E-state index is -0.981. The number of amides is 2. The van der Waals surface area contributed by atoms with Gasteiger partial charge in [-0.3, -0.25) is 15.1 Å². The first-order valence-electron chi connectivity index (χ1n) is 9.97. The van der Waals surface area contributed by atoms with Crippen LogP contribution in [0.1, 0.15) is 41.5 Å². The number of aliphatic imine (C=N–C) groups is 1. The first-order chi connectivity index (χ1) is 15.2. The van der Waals surface area contributed by atoms with Gasteiger partial charge in [0.15, 0.2) is 0 Å². The van der Waals surface area contributed by atoms with Crippen molar-refractivity contribution in [2.24, 2.45) is 10.7 Å². The van der Waals surface area contributed by atoms with Gasteiger partial charge in [0.2, 0.25) is 5.96 Å². The number of nitrogens with two attached hydrogens (primary N) is 1. The summed E-state index contributed by atoms with van der Waals surface area (Å²) in [6.07, 6.45) is -0.550. The normalized spacial score (nSPS) is 12.1. The molecule has 2 aromatic rings. The van der Waals surface area contributed by atoms with Crippen LogP contribution in [0.4, 0.5) is 21.0 Å². The van der Waals surface area contributed by atoms with E-state index in [1.54, 1.807) is 59.7 Å². The number of nitro groups is 1. The number of rotatable bonds is 3. The highest BCUT2D eigenvalue weighted by molar-refractivity contribution is 6.15. The van der Waals surface area contributed by atoms with Crippen molar-refractivity contribution in [3.05, 3.63) is 52.7 Å². The fourth-order valence-electron chi connectivity index (χ4n) is 2.56. The van der Waals surface area contributed by atoms with Gasteiger partial charge in [-0.25, -0.2) is 14.5 Å². The Balaban J connectivity index is 2.52. The predicted molar refractivity (Wildman–Crippen MR) is 123 cm³/mol. The van der Waals surface area contributed by atoms with Gasteiger partial charge in [0.25, 0.3) is 5.69 Å². The average molecular weight is 457 g/mol. The van der Waals surface area contributed by atoms with Gasteiger partial charge in [-0.05, 0) is 53.7 Å². The van der Waals surface area contributed by atoms with Crippen molar-refractivity contribution in [3.63, 3.8) is 0 Å². The summed E-state index contributed by atoms with van der Waals surface area (Å²) in [4.78, 5) is 44.4. The largest absolute Gasteiger partial charge is 0.443 e. The van der Waals surface area contributed by atoms with E-state index in [4.69, 9.17) is 15.2 Å². The highest BCUT2D eigenvalue weighted by atomic mass is 16.6. The number of anilines is 1. The molecule has 0 spiro atoms. The number of aromatic nitrogens is 1. The van der Waals surface area contributed by atoms with Gasteiger partial charge in [-0.1, -0.05) is 12.1 Å². The Morgan fingerprint density at radius 3 is 2.27 bits per heavy atom. The van der Waals surface area contributed by atoms with Gasteiger partial charge >= 0.3 is 12.2 Å². The molecule has 1 heterocycles. The van der Waals surface area contributed by atoms with E-state index in [1.165, 1.54) is 24.4 Å². The second kappa shape index (κ2) is 9.63. The lowest BCUT2D eigenvalue weighted by atomic mass is 10.1. The Bertz CT molecular complexity index is 1090. The maximum Gasteiger partial charge on any atom is 0.437 e. The van der Waals surface area contributed by atoms with Gasteiger partial charge in [0.05, 0.1) is 16.3 Å². The van der Waals surface area contributed by atoms with Gasteiger partial charge in [0.1, 0.15) is 11.2 Å². The fraction of sp³-hybridized carbons (Fsp3) is 0.364. The van der Waals surface area contributed by atoms with Crippen LogP contribution in [0.5, 0.6) is 0 Å². The summed E-state index contributed by atoms with van der Waals surface area (Å²) in [6, 6.07) is 8.89. The number of pyridine rings is 1. The molecular formula is C22H27N5O6. The number of hydrogen-bond acceptors (Lipinski definition) is 7. The van der Waals surface area contributed by atoms with Crippen LogP contribution < -0.4 is 10.6 Å². The van der Waals surface area contributed by atoms with Crippen LogP contribution in [-0.2, 0) is 9.47 Å². The predicted octanol–water partition coefficient (Wildman–Crippen LogP) is 4.65. The average Bonchev–Trinajstić information content (AvgIpc) is 2.65. The fourth-order valence-corrected chi connectivity index (χ4v) is 2.56. The molecule has 0 saturated heterocycles. The lowest BCUT2D eigenvalue weighted by Crippen LogP contribution is -2.45. The van der Waals surface area contributed by atoms with Crippen LogP contribution in [0, 0.1) is 10.1 Å². The number of carbonyl (C=O) groups excluding carboxylic acids is 2. The zero-order chi connectivity index (χ0) is 25.0. The zero-order valence-electron chi connectivity index (χ0n) is 19.4. The van der Waals surface area contributed by atoms with Crippen LogP contribution in [0.2, 0.25) is 0 Å². The SMILES string of the molecule is CC(C)(C)OC(=O)N=C(N)N(C(=O)OC(C)(C)C)c1cccc(-c2cc([N+](=O)[O-])ccn2)c1. The molecule has 11 nitrogen and oxygen atoms in total. The number of guanidine groups is 1. The molecule has 176 valence electrons. The minimum absolute atomic E-state index is 0.139. The van der Waals surface area contributed by atoms with Gasteiger partial charge in [-0.2, -0.15) is 0 Å². The number of ether oxygens (including phenoxy) is 2. The first kappa shape index (κ1) is 25.2. The van der Waals surface area contributed by atoms with Crippen LogP contribution in [0.25, 0.3) is 11.3 Å². The van der Waals surface area contributed by atoms with E-state index in [2.05, 4.69) is 9.98 Å². The number of hydrogen-bond donors (Lipinski definition) is 1. The number of carbonyl (C=O) groups is 2. The molecule has 0 fully saturated rings. The summed E-state index contributed by atoms with van der Waals surface area (Å²) in [5.74, 6) is -0.470. The van der Waals surface area contributed by atoms with Crippen LogP contribution in [0.3, 0.4) is 0 Å². The van der Waals surface area contributed by atoms with E-state index >= 15 is 0 Å². The van der Waals surface area contributed by atoms with E-state index in [9.17, 15) is 19.7 Å². The molecule has 0 aliphatic rings. The van der Waals surface area contributed by atoms with E-state index < -0.39 is 34.3 Å². The monoisotopic (exact) mass is 457 g/mol. The molecule has 1 aromatic heterocycles. The van der Waals surface area contributed by atoms with E-state index in [0.717, 1.165) is 4.90 Å². The van der Waals surface area contributed by atoms with Crippen molar-refractivity contribution in [1.82, 2.24) is 4.98 Å². The minimum Gasteiger partial charge on any atom is -0.443 e. The van der Waals surface area contributed by atoms with Crippen molar-refractivity contribution in [1.29, 1.82) is 0 Å². The summed E-state index contributed by atoms with van der Waals surface area (Å²) < 4.78 is 10.6. The van der Waals surface area contributed by atoms with Gasteiger partial charge in [-0.15, -0.1) is 4.99 Å². The van der Waals surface area contributed by atoms with E-state index in [1.807, 2.05) is 0 Å². The van der Waals surface area contributed by atoms with Gasteiger partial charge < -0.3 is 15.2 Å². The molecule has 0 radical (unpaired) electrons. The van der Waals surface area contributed by atoms with Crippen molar-refractivity contribution < 1.29 is 24.0 Å². The second-order valence-corrected chi connectivity index (χ2v) is 8.97. The topological polar surface area (TPSA) is 150 Å². The zero-order valence-corrected chi connectivity index (χ0v) is 19.4. The van der Waals surface area contributed by atoms with Crippen molar-refractivity contribution in [2.75, 3.05) is 4.90 Å². The molecule has 2 rings (SSSR count). The molecule has 0 atom stereocenters. The highest BCUT2D eigenvalue weighted by Gasteiger charge is 2.28. The van der Waals surface area contributed by atoms with E-state index in [0.29, 0.717) is 11.3 Å². The maximum absolute atomic E-state index is 12.9. The lowest BCUT2D eigenvalue weighted by Gasteiger charge is -2.27. The van der Waals surface area contributed by atoms with Crippen molar-refractivity contribution in [3.8, 4) is 11.3 Å². The summed E-state index contributed by atoms with van der Waals surface area (Å²) in [6.45, 7) is 10.0. The Morgan fingerprint density at radius 1 is 1.06 bits per heavy atom. The second-order valence-electron chi connectivity index (χ2n) is 8.97. The Kier molecular flexibility index (Phi) is 7.37. The molecule has 2 amide bonds. The molecule has 1 aromatic carbocycles. The molecule has 33 heavy (non-hydrogen) atoms. The molecule has 0 aliphatic carbocycles. The summed E-state index contributed by atoms with van der Waals surface area (Å²) in [5.41, 5.74) is 5.18. The Hall–Kier alpha value is -4.02. The molecule has 0 saturated carbocycles. The van der Waals surface area contributed by atoms with Crippen LogP contribution in [0.15, 0.2) is 47.6 Å². The lowest BCUT2D eigenvalue weighted by molar-refractivity contribution is -0.384. The first-order valence-corrected chi connectivity index (χ1v) is 9.97. The summed E-state index contributed by atoms with van der Waals surface area (Å²) in [7, 11) is 0. The summed E-state index contributed by atoms with van der Waals surface area (Å²) >= 11 is 0. The van der Waals surface area contributed by atoms with Crippen LogP contribution in [-0.4, -0.2) is 39.3 Å². The third-order valence-corrected chi connectivity index (χ3v) is 3.76. The van der Waals surface area contributed by atoms with Gasteiger partial charge in [0, 0.05) is 23.9 Å². The molecule has 0 unspecified atom stereocenters. The maximum atomic E-state index is 12.9. The molecule has 0 bridgehead atoms. The van der Waals surface area contributed by atoms with Crippen molar-refractivity contribution >= 4 is 29.5 Å². The third-order valence-electron chi connectivity index (χ3n) is 3.76. The molecular weight excluding hydrogens is 430 g/mol. The summed E-state index contributed by atoms with van der Waals surface area (Å²) in [5, 5.41) is 11.1. The third kappa shape index (κ3) is 7.56.